The standard InChI is InChI=1S/C34H38N3O9P/c1-22(33(39)41-20-23-11-5-4-6-12-23)36-47(40,46-27-17-9-14-24-13-7-8-16-26(24)27)42-21-28-29-30(45-34(2,3)44-29)32(43-28)37-18-10-15-25(19-37)31(35)38/h4-14,16-19,22,28-30,32H,15,20-21H2,1-3H3,(H2,35,38)(H,36,40)/t22?,28?,29-,30-,32?,47?/m1/s1. The molecule has 0 bridgehead atoms. The normalized spacial score (nSPS) is 25.1. The van der Waals surface area contributed by atoms with Crippen molar-refractivity contribution in [1.82, 2.24) is 9.99 Å². The largest absolute Gasteiger partial charge is 0.460 e. The van der Waals surface area contributed by atoms with Crippen LogP contribution in [-0.2, 0) is 44.2 Å². The summed E-state index contributed by atoms with van der Waals surface area (Å²) >= 11 is 0. The average molecular weight is 664 g/mol. The number of amides is 1. The molecule has 3 aromatic rings. The Kier molecular flexibility index (Phi) is 9.52. The number of benzene rings is 3. The van der Waals surface area contributed by atoms with Crippen LogP contribution >= 0.6 is 7.75 Å². The quantitative estimate of drug-likeness (QED) is 0.201. The highest BCUT2D eigenvalue weighted by molar-refractivity contribution is 7.52. The third kappa shape index (κ3) is 7.59. The fourth-order valence-corrected chi connectivity index (χ4v) is 7.26. The lowest BCUT2D eigenvalue weighted by Crippen LogP contribution is -2.40. The summed E-state index contributed by atoms with van der Waals surface area (Å²) in [4.78, 5) is 26.6. The molecule has 47 heavy (non-hydrogen) atoms. The molecule has 12 nitrogen and oxygen atoms in total. The molecule has 6 rings (SSSR count). The van der Waals surface area contributed by atoms with Crippen molar-refractivity contribution in [3.63, 3.8) is 0 Å². The van der Waals surface area contributed by atoms with Gasteiger partial charge in [-0.2, -0.15) is 5.09 Å². The number of hydrogen-bond donors (Lipinski definition) is 2. The number of rotatable bonds is 12. The molecule has 0 saturated carbocycles. The van der Waals surface area contributed by atoms with Crippen LogP contribution < -0.4 is 15.3 Å². The molecule has 0 spiro atoms. The van der Waals surface area contributed by atoms with Gasteiger partial charge in [0.25, 0.3) is 0 Å². The first-order valence-electron chi connectivity index (χ1n) is 15.4. The van der Waals surface area contributed by atoms with Gasteiger partial charge < -0.3 is 34.1 Å². The zero-order valence-electron chi connectivity index (χ0n) is 26.3. The van der Waals surface area contributed by atoms with Crippen LogP contribution in [0.25, 0.3) is 10.8 Å². The molecule has 3 aromatic carbocycles. The van der Waals surface area contributed by atoms with E-state index in [0.29, 0.717) is 23.1 Å². The summed E-state index contributed by atoms with van der Waals surface area (Å²) in [6, 6.07) is 21.0. The van der Waals surface area contributed by atoms with Crippen molar-refractivity contribution in [3.05, 3.63) is 102 Å². The van der Waals surface area contributed by atoms with E-state index in [0.717, 1.165) is 10.9 Å². The van der Waals surface area contributed by atoms with Crippen molar-refractivity contribution in [2.75, 3.05) is 6.61 Å². The molecule has 3 heterocycles. The van der Waals surface area contributed by atoms with Crippen molar-refractivity contribution in [3.8, 4) is 5.75 Å². The molecular formula is C34H38N3O9P. The zero-order valence-corrected chi connectivity index (χ0v) is 27.2. The first kappa shape index (κ1) is 32.9. The van der Waals surface area contributed by atoms with Crippen LogP contribution in [0.15, 0.2) is 96.8 Å². The van der Waals surface area contributed by atoms with Crippen LogP contribution in [0, 0.1) is 0 Å². The Morgan fingerprint density at radius 1 is 1.04 bits per heavy atom. The SMILES string of the molecule is CC(NP(=O)(OCC1OC(N2C=CCC(C(N)=O)=C2)[C@@H]2OC(C)(C)O[C@H]12)Oc1cccc2ccccc12)C(=O)OCc1ccccc1. The molecular weight excluding hydrogens is 625 g/mol. The van der Waals surface area contributed by atoms with Crippen molar-refractivity contribution in [2.24, 2.45) is 5.73 Å². The van der Waals surface area contributed by atoms with Crippen LogP contribution in [0.1, 0.15) is 32.8 Å². The maximum absolute atomic E-state index is 14.5. The molecule has 1 amide bonds. The predicted molar refractivity (Wildman–Crippen MR) is 172 cm³/mol. The van der Waals surface area contributed by atoms with E-state index < -0.39 is 56.0 Å². The third-order valence-corrected chi connectivity index (χ3v) is 9.59. The van der Waals surface area contributed by atoms with E-state index in [4.69, 9.17) is 33.7 Å². The Hall–Kier alpha value is -4.03. The maximum atomic E-state index is 14.5. The molecule has 6 atom stereocenters. The summed E-state index contributed by atoms with van der Waals surface area (Å²) in [5.41, 5.74) is 6.76. The van der Waals surface area contributed by atoms with Crippen LogP contribution in [0.3, 0.4) is 0 Å². The van der Waals surface area contributed by atoms with Crippen molar-refractivity contribution < 1.29 is 42.1 Å². The molecule has 3 N–H and O–H groups in total. The number of carbonyl (C=O) groups is 2. The Balaban J connectivity index is 1.22. The molecule has 3 aliphatic rings. The summed E-state index contributed by atoms with van der Waals surface area (Å²) in [6.45, 7) is 4.90. The number of esters is 1. The molecule has 248 valence electrons. The second kappa shape index (κ2) is 13.6. The van der Waals surface area contributed by atoms with E-state index in [9.17, 15) is 14.2 Å². The number of nitrogens with zero attached hydrogens (tertiary/aromatic N) is 1. The average Bonchev–Trinajstić information content (AvgIpc) is 3.56. The van der Waals surface area contributed by atoms with Gasteiger partial charge in [0.1, 0.15) is 36.7 Å². The van der Waals surface area contributed by atoms with Crippen LogP contribution in [-0.4, -0.2) is 59.8 Å². The molecule has 0 radical (unpaired) electrons. The lowest BCUT2D eigenvalue weighted by atomic mass is 10.1. The van der Waals surface area contributed by atoms with Gasteiger partial charge in [-0.15, -0.1) is 0 Å². The minimum absolute atomic E-state index is 0.0470. The van der Waals surface area contributed by atoms with Gasteiger partial charge in [0, 0.05) is 23.4 Å². The highest BCUT2D eigenvalue weighted by Gasteiger charge is 2.57. The molecule has 2 saturated heterocycles. The van der Waals surface area contributed by atoms with Crippen molar-refractivity contribution in [2.45, 2.75) is 70.2 Å². The molecule has 0 aromatic heterocycles. The fraction of sp³-hybridized carbons (Fsp3) is 0.353. The Bertz CT molecular complexity index is 1720. The molecule has 3 aliphatic heterocycles. The van der Waals surface area contributed by atoms with Gasteiger partial charge in [-0.25, -0.2) is 4.57 Å². The van der Waals surface area contributed by atoms with E-state index >= 15 is 0 Å². The minimum atomic E-state index is -4.28. The van der Waals surface area contributed by atoms with E-state index in [1.807, 2.05) is 60.7 Å². The van der Waals surface area contributed by atoms with Gasteiger partial charge >= 0.3 is 13.7 Å². The van der Waals surface area contributed by atoms with Gasteiger partial charge in [-0.3, -0.25) is 14.1 Å². The number of allylic oxidation sites excluding steroid dienone is 1. The van der Waals surface area contributed by atoms with Crippen LogP contribution in [0.5, 0.6) is 5.75 Å². The van der Waals surface area contributed by atoms with Gasteiger partial charge in [-0.1, -0.05) is 72.8 Å². The van der Waals surface area contributed by atoms with E-state index in [1.54, 1.807) is 49.4 Å². The summed E-state index contributed by atoms with van der Waals surface area (Å²) in [6.07, 6.45) is 2.95. The smallest absolute Gasteiger partial charge is 0.459 e. The number of primary amides is 1. The van der Waals surface area contributed by atoms with Crippen LogP contribution in [0.4, 0.5) is 0 Å². The molecule has 2 fully saturated rings. The lowest BCUT2D eigenvalue weighted by molar-refractivity contribution is -0.201. The van der Waals surface area contributed by atoms with Gasteiger partial charge in [0.2, 0.25) is 5.91 Å². The topological polar surface area (TPSA) is 148 Å². The maximum Gasteiger partial charge on any atom is 0.459 e. The Morgan fingerprint density at radius 3 is 2.55 bits per heavy atom. The van der Waals surface area contributed by atoms with E-state index in [1.165, 1.54) is 6.92 Å². The fourth-order valence-electron chi connectivity index (χ4n) is 5.74. The molecule has 13 heteroatoms. The predicted octanol–water partition coefficient (Wildman–Crippen LogP) is 4.90. The number of fused-ring (bicyclic) bond motifs is 2. The number of nitrogens with one attached hydrogen (secondary N) is 1. The third-order valence-electron chi connectivity index (χ3n) is 7.96. The molecule has 4 unspecified atom stereocenters. The number of carbonyl (C=O) groups excluding carboxylic acids is 2. The minimum Gasteiger partial charge on any atom is -0.460 e. The van der Waals surface area contributed by atoms with Gasteiger partial charge in [-0.05, 0) is 44.2 Å². The summed E-state index contributed by atoms with van der Waals surface area (Å²) < 4.78 is 50.9. The van der Waals surface area contributed by atoms with Gasteiger partial charge in [0.05, 0.1) is 6.61 Å². The Morgan fingerprint density at radius 2 is 1.77 bits per heavy atom. The lowest BCUT2D eigenvalue weighted by Gasteiger charge is -2.31. The Labute approximate surface area is 273 Å². The van der Waals surface area contributed by atoms with E-state index in [2.05, 4.69) is 5.09 Å². The summed E-state index contributed by atoms with van der Waals surface area (Å²) in [5.74, 6) is -1.81. The molecule has 0 aliphatic carbocycles. The van der Waals surface area contributed by atoms with Crippen molar-refractivity contribution in [1.29, 1.82) is 0 Å². The zero-order chi connectivity index (χ0) is 33.2. The van der Waals surface area contributed by atoms with E-state index in [-0.39, 0.29) is 13.2 Å². The summed E-state index contributed by atoms with van der Waals surface area (Å²) in [7, 11) is -4.28. The highest BCUT2D eigenvalue weighted by Crippen LogP contribution is 2.48. The van der Waals surface area contributed by atoms with Crippen molar-refractivity contribution >= 4 is 30.4 Å². The first-order chi connectivity index (χ1) is 22.5. The number of hydrogen-bond acceptors (Lipinski definition) is 10. The second-order valence-electron chi connectivity index (χ2n) is 12.0. The number of nitrogens with two attached hydrogens (primary N) is 1. The monoisotopic (exact) mass is 663 g/mol. The van der Waals surface area contributed by atoms with Gasteiger partial charge in [0.15, 0.2) is 12.0 Å². The highest BCUT2D eigenvalue weighted by atomic mass is 31.2. The first-order valence-corrected chi connectivity index (χ1v) is 16.9. The second-order valence-corrected chi connectivity index (χ2v) is 13.7. The summed E-state index contributed by atoms with van der Waals surface area (Å²) in [5, 5.41) is 4.34. The number of ether oxygens (including phenoxy) is 4. The van der Waals surface area contributed by atoms with Crippen LogP contribution in [0.2, 0.25) is 0 Å².